The van der Waals surface area contributed by atoms with Crippen molar-refractivity contribution in [1.82, 2.24) is 9.88 Å². The maximum absolute atomic E-state index is 15.6. The van der Waals surface area contributed by atoms with Gasteiger partial charge in [0.25, 0.3) is 0 Å². The number of nitrogens with one attached hydrogen (secondary N) is 1. The van der Waals surface area contributed by atoms with Crippen molar-refractivity contribution in [3.63, 3.8) is 0 Å². The van der Waals surface area contributed by atoms with Gasteiger partial charge in [-0.25, -0.2) is 9.18 Å². The molecule has 31 heavy (non-hydrogen) atoms. The lowest BCUT2D eigenvalue weighted by Gasteiger charge is -2.33. The van der Waals surface area contributed by atoms with Gasteiger partial charge in [-0.3, -0.25) is 0 Å². The third kappa shape index (κ3) is 4.80. The third-order valence-electron chi connectivity index (χ3n) is 6.65. The smallest absolute Gasteiger partial charge is 0.444 e. The van der Waals surface area contributed by atoms with Crippen LogP contribution in [-0.4, -0.2) is 53.0 Å². The van der Waals surface area contributed by atoms with E-state index < -0.39 is 23.9 Å². The van der Waals surface area contributed by atoms with Crippen LogP contribution in [-0.2, 0) is 14.0 Å². The molecule has 2 fully saturated rings. The molecule has 6 nitrogen and oxygen atoms in total. The van der Waals surface area contributed by atoms with Gasteiger partial charge in [0.2, 0.25) is 0 Å². The molecule has 0 bridgehead atoms. The third-order valence-corrected chi connectivity index (χ3v) is 6.65. The van der Waals surface area contributed by atoms with Crippen molar-refractivity contribution in [2.45, 2.75) is 104 Å². The molecule has 0 unspecified atom stereocenters. The molecule has 2 saturated heterocycles. The second-order valence-electron chi connectivity index (χ2n) is 11.2. The highest BCUT2D eigenvalue weighted by atomic mass is 19.1. The molecular formula is C23H38BFN2O4. The minimum atomic E-state index is -0.632. The van der Waals surface area contributed by atoms with E-state index in [2.05, 4.69) is 4.98 Å². The second-order valence-corrected chi connectivity index (χ2v) is 11.2. The molecule has 174 valence electrons. The van der Waals surface area contributed by atoms with Gasteiger partial charge in [0.05, 0.1) is 22.5 Å². The number of H-pyrrole nitrogens is 1. The molecule has 8 heteroatoms. The van der Waals surface area contributed by atoms with Crippen LogP contribution in [0.15, 0.2) is 0 Å². The van der Waals surface area contributed by atoms with Crippen molar-refractivity contribution < 1.29 is 23.2 Å². The van der Waals surface area contributed by atoms with Gasteiger partial charge in [0, 0.05) is 24.6 Å². The van der Waals surface area contributed by atoms with E-state index in [0.29, 0.717) is 42.8 Å². The van der Waals surface area contributed by atoms with Gasteiger partial charge in [0.1, 0.15) is 11.4 Å². The van der Waals surface area contributed by atoms with Gasteiger partial charge in [-0.2, -0.15) is 0 Å². The number of aromatic nitrogens is 1. The molecule has 1 aromatic rings. The summed E-state index contributed by atoms with van der Waals surface area (Å²) < 4.78 is 33.5. The lowest BCUT2D eigenvalue weighted by Crippen LogP contribution is -2.41. The number of likely N-dealkylation sites (tertiary alicyclic amines) is 1. The summed E-state index contributed by atoms with van der Waals surface area (Å²) in [6.45, 7) is 18.6. The Morgan fingerprint density at radius 3 is 2.13 bits per heavy atom. The zero-order valence-electron chi connectivity index (χ0n) is 20.5. The van der Waals surface area contributed by atoms with Crippen molar-refractivity contribution in [3.05, 3.63) is 17.1 Å². The van der Waals surface area contributed by atoms with Crippen LogP contribution in [0.1, 0.15) is 98.2 Å². The van der Waals surface area contributed by atoms with Crippen LogP contribution in [0.2, 0.25) is 0 Å². The molecule has 3 rings (SSSR count). The van der Waals surface area contributed by atoms with Gasteiger partial charge < -0.3 is 23.9 Å². The van der Waals surface area contributed by atoms with E-state index in [9.17, 15) is 4.79 Å². The van der Waals surface area contributed by atoms with Crippen molar-refractivity contribution >= 4 is 18.8 Å². The van der Waals surface area contributed by atoms with E-state index in [1.54, 1.807) is 4.90 Å². The summed E-state index contributed by atoms with van der Waals surface area (Å²) in [4.78, 5) is 17.4. The number of halogens is 1. The highest BCUT2D eigenvalue weighted by Crippen LogP contribution is 2.38. The van der Waals surface area contributed by atoms with Crippen LogP contribution >= 0.6 is 0 Å². The number of nitrogens with zero attached hydrogens (tertiary/aromatic N) is 1. The van der Waals surface area contributed by atoms with E-state index in [1.807, 2.05) is 62.3 Å². The molecule has 2 aliphatic heterocycles. The molecule has 0 aliphatic carbocycles. The minimum Gasteiger partial charge on any atom is -0.444 e. The molecule has 0 aromatic carbocycles. The number of carbonyl (C=O) groups excluding carboxylic acids is 1. The van der Waals surface area contributed by atoms with Crippen LogP contribution in [0, 0.1) is 5.82 Å². The van der Waals surface area contributed by atoms with E-state index >= 15 is 4.39 Å². The molecule has 0 radical (unpaired) electrons. The highest BCUT2D eigenvalue weighted by molar-refractivity contribution is 6.61. The first kappa shape index (κ1) is 24.1. The molecule has 0 atom stereocenters. The first-order valence-corrected chi connectivity index (χ1v) is 11.4. The average molecular weight is 436 g/mol. The molecule has 1 aromatic heterocycles. The van der Waals surface area contributed by atoms with Crippen molar-refractivity contribution in [3.8, 4) is 0 Å². The first-order chi connectivity index (χ1) is 14.1. The topological polar surface area (TPSA) is 63.8 Å². The largest absolute Gasteiger partial charge is 0.512 e. The molecule has 2 aliphatic rings. The summed E-state index contributed by atoms with van der Waals surface area (Å²) in [5.74, 6) is -0.205. The number of hydrogen-bond acceptors (Lipinski definition) is 4. The Kier molecular flexibility index (Phi) is 6.31. The monoisotopic (exact) mass is 436 g/mol. The van der Waals surface area contributed by atoms with Gasteiger partial charge in [-0.1, -0.05) is 13.8 Å². The number of aromatic amines is 1. The Hall–Kier alpha value is -1.54. The summed E-state index contributed by atoms with van der Waals surface area (Å²) in [5, 5.41) is 0. The number of piperidine rings is 1. The predicted molar refractivity (Wildman–Crippen MR) is 120 cm³/mol. The molecule has 0 saturated carbocycles. The second kappa shape index (κ2) is 8.11. The van der Waals surface area contributed by atoms with Crippen LogP contribution in [0.4, 0.5) is 9.18 Å². The van der Waals surface area contributed by atoms with E-state index in [1.165, 1.54) is 0 Å². The van der Waals surface area contributed by atoms with Crippen LogP contribution in [0.3, 0.4) is 0 Å². The summed E-state index contributed by atoms with van der Waals surface area (Å²) >= 11 is 0. The average Bonchev–Trinajstić information content (AvgIpc) is 3.07. The summed E-state index contributed by atoms with van der Waals surface area (Å²) in [7, 11) is -0.632. The molecule has 1 N–H and O–H groups in total. The highest BCUT2D eigenvalue weighted by Gasteiger charge is 2.53. The van der Waals surface area contributed by atoms with Crippen molar-refractivity contribution in [1.29, 1.82) is 0 Å². The molecule has 0 spiro atoms. The Balaban J connectivity index is 1.80. The summed E-state index contributed by atoms with van der Waals surface area (Å²) in [5.41, 5.74) is 0.387. The number of ether oxygens (including phenoxy) is 1. The van der Waals surface area contributed by atoms with Gasteiger partial charge in [-0.05, 0) is 67.2 Å². The Labute approximate surface area is 186 Å². The van der Waals surface area contributed by atoms with Crippen LogP contribution in [0.5, 0.6) is 0 Å². The zero-order chi connectivity index (χ0) is 23.4. The van der Waals surface area contributed by atoms with Gasteiger partial charge >= 0.3 is 13.2 Å². The lowest BCUT2D eigenvalue weighted by atomic mass is 9.79. The lowest BCUT2D eigenvalue weighted by molar-refractivity contribution is 0.00578. The van der Waals surface area contributed by atoms with Crippen LogP contribution < -0.4 is 5.59 Å². The Bertz CT molecular complexity index is 804. The fourth-order valence-corrected chi connectivity index (χ4v) is 4.20. The summed E-state index contributed by atoms with van der Waals surface area (Å²) in [6, 6.07) is 0. The maximum atomic E-state index is 15.6. The SMILES string of the molecule is CC(C)c1c(B2OC(C)(C)C(C)(C)O2)[nH]c(C2CCN(C(=O)OC(C)(C)C)CC2)c1F. The number of rotatable bonds is 3. The van der Waals surface area contributed by atoms with Crippen molar-refractivity contribution in [2.24, 2.45) is 0 Å². The molecular weight excluding hydrogens is 398 g/mol. The quantitative estimate of drug-likeness (QED) is 0.699. The minimum absolute atomic E-state index is 0.00682. The van der Waals surface area contributed by atoms with E-state index in [-0.39, 0.29) is 23.7 Å². The molecule has 3 heterocycles. The normalized spacial score (nSPS) is 21.8. The predicted octanol–water partition coefficient (Wildman–Crippen LogP) is 4.69. The Morgan fingerprint density at radius 2 is 1.68 bits per heavy atom. The Morgan fingerprint density at radius 1 is 1.16 bits per heavy atom. The first-order valence-electron chi connectivity index (χ1n) is 11.4. The molecule has 1 amide bonds. The van der Waals surface area contributed by atoms with Crippen LogP contribution in [0.25, 0.3) is 0 Å². The van der Waals surface area contributed by atoms with E-state index in [0.717, 1.165) is 0 Å². The van der Waals surface area contributed by atoms with Crippen molar-refractivity contribution in [2.75, 3.05) is 13.1 Å². The van der Waals surface area contributed by atoms with E-state index in [4.69, 9.17) is 14.0 Å². The zero-order valence-corrected chi connectivity index (χ0v) is 20.5. The fraction of sp³-hybridized carbons (Fsp3) is 0.783. The van der Waals surface area contributed by atoms with Gasteiger partial charge in [-0.15, -0.1) is 0 Å². The van der Waals surface area contributed by atoms with Gasteiger partial charge in [0.15, 0.2) is 0 Å². The number of carbonyl (C=O) groups is 1. The fourth-order valence-electron chi connectivity index (χ4n) is 4.20. The summed E-state index contributed by atoms with van der Waals surface area (Å²) in [6.07, 6.45) is 1.05. The number of amides is 1. The number of hydrogen-bond donors (Lipinski definition) is 1. The standard InChI is InChI=1S/C23H38BFN2O4/c1-14(2)16-17(25)18(26-19(16)24-30-22(6,7)23(8,9)31-24)15-10-12-27(13-11-15)20(28)29-21(3,4)5/h14-15,26H,10-13H2,1-9H3. The maximum Gasteiger partial charge on any atom is 0.512 e.